The number of ether oxygens (including phenoxy) is 1. The predicted molar refractivity (Wildman–Crippen MR) is 94.0 cm³/mol. The molecule has 122 valence electrons. The molecule has 0 saturated heterocycles. The van der Waals surface area contributed by atoms with E-state index in [9.17, 15) is 0 Å². The van der Waals surface area contributed by atoms with Crippen LogP contribution in [0.1, 0.15) is 45.1 Å². The quantitative estimate of drug-likeness (QED) is 0.710. The van der Waals surface area contributed by atoms with Crippen LogP contribution in [0.25, 0.3) is 0 Å². The predicted octanol–water partition coefficient (Wildman–Crippen LogP) is 5.21. The first kappa shape index (κ1) is 16.1. The van der Waals surface area contributed by atoms with Crippen LogP contribution in [-0.2, 0) is 4.43 Å². The first-order valence-corrected chi connectivity index (χ1v) is 11.5. The average molecular weight is 319 g/mol. The molecule has 1 aromatic rings. The molecule has 0 bridgehead atoms. The third-order valence-corrected chi connectivity index (χ3v) is 10.7. The minimum absolute atomic E-state index is 0.301. The number of benzene rings is 1. The molecule has 0 N–H and O–H groups in total. The van der Waals surface area contributed by atoms with Crippen molar-refractivity contribution in [3.8, 4) is 5.75 Å². The third kappa shape index (κ3) is 2.74. The lowest BCUT2D eigenvalue weighted by Gasteiger charge is -2.39. The summed E-state index contributed by atoms with van der Waals surface area (Å²) in [7, 11) is 0.0758. The molecule has 0 aliphatic heterocycles. The zero-order valence-corrected chi connectivity index (χ0v) is 15.8. The second-order valence-corrected chi connectivity index (χ2v) is 13.3. The van der Waals surface area contributed by atoms with Gasteiger partial charge in [-0.1, -0.05) is 32.9 Å². The summed E-state index contributed by atoms with van der Waals surface area (Å²) < 4.78 is 12.0. The van der Waals surface area contributed by atoms with Gasteiger partial charge in [0.1, 0.15) is 5.75 Å². The van der Waals surface area contributed by atoms with Crippen LogP contribution in [0.15, 0.2) is 24.3 Å². The van der Waals surface area contributed by atoms with Crippen molar-refractivity contribution >= 4 is 8.32 Å². The Morgan fingerprint density at radius 1 is 1.05 bits per heavy atom. The molecule has 22 heavy (non-hydrogen) atoms. The summed E-state index contributed by atoms with van der Waals surface area (Å²) in [5.74, 6) is 3.27. The highest BCUT2D eigenvalue weighted by molar-refractivity contribution is 6.74. The molecule has 1 aromatic carbocycles. The Hall–Kier alpha value is -0.803. The summed E-state index contributed by atoms with van der Waals surface area (Å²) in [6.07, 6.45) is 3.08. The molecule has 2 saturated carbocycles. The highest BCUT2D eigenvalue weighted by Crippen LogP contribution is 2.64. The number of methoxy groups -OCH3 is 1. The first-order valence-electron chi connectivity index (χ1n) is 8.56. The van der Waals surface area contributed by atoms with Gasteiger partial charge in [0.15, 0.2) is 8.32 Å². The van der Waals surface area contributed by atoms with E-state index in [1.165, 1.54) is 18.4 Å². The van der Waals surface area contributed by atoms with E-state index >= 15 is 0 Å². The fourth-order valence-electron chi connectivity index (χ4n) is 3.82. The van der Waals surface area contributed by atoms with Crippen LogP contribution in [0.2, 0.25) is 18.1 Å². The fraction of sp³-hybridized carbons (Fsp3) is 0.684. The van der Waals surface area contributed by atoms with Crippen molar-refractivity contribution in [3.05, 3.63) is 29.8 Å². The average Bonchev–Trinajstić information content (AvgIpc) is 3.04. The SMILES string of the molecule is COc1ccc([C@H]2[C@@H]3CC[C@@H](O[Si](C)(C)C(C)(C)C)[C@@H]32)cc1. The van der Waals surface area contributed by atoms with Gasteiger partial charge in [-0.3, -0.25) is 0 Å². The molecule has 0 unspecified atom stereocenters. The van der Waals surface area contributed by atoms with E-state index < -0.39 is 8.32 Å². The molecule has 2 aliphatic rings. The molecule has 0 spiro atoms. The van der Waals surface area contributed by atoms with Crippen LogP contribution in [-0.4, -0.2) is 21.5 Å². The molecule has 0 amide bonds. The monoisotopic (exact) mass is 318 g/mol. The first-order chi connectivity index (χ1) is 10.2. The van der Waals surface area contributed by atoms with Gasteiger partial charge < -0.3 is 9.16 Å². The van der Waals surface area contributed by atoms with E-state index in [-0.39, 0.29) is 0 Å². The summed E-state index contributed by atoms with van der Waals surface area (Å²) in [6.45, 7) is 11.8. The molecular formula is C19H30O2Si. The van der Waals surface area contributed by atoms with E-state index in [1.807, 2.05) is 0 Å². The molecule has 2 fully saturated rings. The van der Waals surface area contributed by atoms with Crippen LogP contribution in [0.5, 0.6) is 5.75 Å². The van der Waals surface area contributed by atoms with E-state index in [1.54, 1.807) is 7.11 Å². The van der Waals surface area contributed by atoms with Crippen molar-refractivity contribution in [2.45, 2.75) is 63.8 Å². The van der Waals surface area contributed by atoms with Crippen molar-refractivity contribution in [3.63, 3.8) is 0 Å². The molecule has 4 atom stereocenters. The van der Waals surface area contributed by atoms with Crippen molar-refractivity contribution in [2.75, 3.05) is 7.11 Å². The summed E-state index contributed by atoms with van der Waals surface area (Å²) in [6, 6.07) is 8.66. The Labute approximate surface area is 136 Å². The molecule has 3 heteroatoms. The summed E-state index contributed by atoms with van der Waals surface area (Å²) >= 11 is 0. The Morgan fingerprint density at radius 3 is 2.23 bits per heavy atom. The zero-order chi connectivity index (χ0) is 16.1. The minimum Gasteiger partial charge on any atom is -0.497 e. The molecule has 2 aliphatic carbocycles. The number of hydrogen-bond acceptors (Lipinski definition) is 2. The van der Waals surface area contributed by atoms with Gasteiger partial charge in [0.25, 0.3) is 0 Å². The van der Waals surface area contributed by atoms with Gasteiger partial charge in [-0.2, -0.15) is 0 Å². The maximum absolute atomic E-state index is 6.73. The smallest absolute Gasteiger partial charge is 0.192 e. The Kier molecular flexibility index (Phi) is 3.93. The maximum atomic E-state index is 6.73. The van der Waals surface area contributed by atoms with Gasteiger partial charge in [0.05, 0.1) is 7.11 Å². The Morgan fingerprint density at radius 2 is 1.68 bits per heavy atom. The van der Waals surface area contributed by atoms with Crippen molar-refractivity contribution < 1.29 is 9.16 Å². The minimum atomic E-state index is -1.65. The largest absolute Gasteiger partial charge is 0.497 e. The van der Waals surface area contributed by atoms with E-state index in [0.29, 0.717) is 11.1 Å². The molecule has 0 aromatic heterocycles. The summed E-state index contributed by atoms with van der Waals surface area (Å²) in [5.41, 5.74) is 1.47. The number of fused-ring (bicyclic) bond motifs is 1. The topological polar surface area (TPSA) is 18.5 Å². The van der Waals surface area contributed by atoms with Crippen molar-refractivity contribution in [1.82, 2.24) is 0 Å². The van der Waals surface area contributed by atoms with Crippen LogP contribution in [0.3, 0.4) is 0 Å². The van der Waals surface area contributed by atoms with Crippen LogP contribution in [0, 0.1) is 11.8 Å². The standard InChI is InChI=1S/C19H30O2Si/c1-19(2,3)22(5,6)21-16-12-11-15-17(18(15)16)13-7-9-14(20-4)10-8-13/h7-10,15-18H,11-12H2,1-6H3/t15-,16+,17-,18+/m0/s1. The lowest BCUT2D eigenvalue weighted by Crippen LogP contribution is -2.44. The van der Waals surface area contributed by atoms with Crippen LogP contribution >= 0.6 is 0 Å². The molecule has 2 nitrogen and oxygen atoms in total. The lowest BCUT2D eigenvalue weighted by atomic mass is 10.0. The summed E-state index contributed by atoms with van der Waals surface area (Å²) in [4.78, 5) is 0. The van der Waals surface area contributed by atoms with Crippen LogP contribution in [0.4, 0.5) is 0 Å². The van der Waals surface area contributed by atoms with Gasteiger partial charge in [-0.25, -0.2) is 0 Å². The lowest BCUT2D eigenvalue weighted by molar-refractivity contribution is 0.162. The second-order valence-electron chi connectivity index (χ2n) is 8.53. The molecule has 0 radical (unpaired) electrons. The van der Waals surface area contributed by atoms with E-state index in [0.717, 1.165) is 23.5 Å². The fourth-order valence-corrected chi connectivity index (χ4v) is 5.20. The van der Waals surface area contributed by atoms with Gasteiger partial charge in [0, 0.05) is 6.10 Å². The van der Waals surface area contributed by atoms with Crippen LogP contribution < -0.4 is 4.74 Å². The molecular weight excluding hydrogens is 288 g/mol. The van der Waals surface area contributed by atoms with E-state index in [2.05, 4.69) is 58.1 Å². The normalized spacial score (nSPS) is 31.0. The summed E-state index contributed by atoms with van der Waals surface area (Å²) in [5, 5.41) is 0.301. The van der Waals surface area contributed by atoms with Crippen molar-refractivity contribution in [1.29, 1.82) is 0 Å². The molecule has 0 heterocycles. The maximum Gasteiger partial charge on any atom is 0.192 e. The Bertz CT molecular complexity index is 529. The third-order valence-electron chi connectivity index (χ3n) is 6.20. The van der Waals surface area contributed by atoms with Gasteiger partial charge in [-0.15, -0.1) is 0 Å². The number of rotatable bonds is 4. The highest BCUT2D eigenvalue weighted by Gasteiger charge is 2.60. The van der Waals surface area contributed by atoms with Crippen molar-refractivity contribution in [2.24, 2.45) is 11.8 Å². The second kappa shape index (κ2) is 5.38. The van der Waals surface area contributed by atoms with Gasteiger partial charge in [0.2, 0.25) is 0 Å². The molecule has 3 rings (SSSR count). The van der Waals surface area contributed by atoms with Gasteiger partial charge >= 0.3 is 0 Å². The highest BCUT2D eigenvalue weighted by atomic mass is 28.4. The number of hydrogen-bond donors (Lipinski definition) is 0. The van der Waals surface area contributed by atoms with Gasteiger partial charge in [-0.05, 0) is 66.4 Å². The Balaban J connectivity index is 1.68. The zero-order valence-electron chi connectivity index (χ0n) is 14.8. The van der Waals surface area contributed by atoms with E-state index in [4.69, 9.17) is 9.16 Å².